The van der Waals surface area contributed by atoms with Crippen LogP contribution in [0.2, 0.25) is 5.02 Å². The molecule has 0 aliphatic carbocycles. The standard InChI is InChI=1S/C16H16ClNO3/c1-21-10-2-9-18-15(8-5-13(11-19)16(18)20)12-3-6-14(17)7-4-12/h3-8,11H,2,9-10H2,1H3. The van der Waals surface area contributed by atoms with Gasteiger partial charge in [-0.25, -0.2) is 0 Å². The molecule has 0 aliphatic heterocycles. The molecule has 2 aromatic rings. The van der Waals surface area contributed by atoms with Crippen LogP contribution in [0.1, 0.15) is 16.8 Å². The lowest BCUT2D eigenvalue weighted by Gasteiger charge is -2.13. The first-order valence-corrected chi connectivity index (χ1v) is 6.99. The highest BCUT2D eigenvalue weighted by molar-refractivity contribution is 6.30. The number of hydrogen-bond donors (Lipinski definition) is 0. The van der Waals surface area contributed by atoms with Gasteiger partial charge < -0.3 is 9.30 Å². The van der Waals surface area contributed by atoms with E-state index in [1.165, 1.54) is 0 Å². The Morgan fingerprint density at radius 3 is 2.52 bits per heavy atom. The second-order valence-electron chi connectivity index (χ2n) is 4.60. The predicted molar refractivity (Wildman–Crippen MR) is 83.0 cm³/mol. The van der Waals surface area contributed by atoms with E-state index in [4.69, 9.17) is 16.3 Å². The van der Waals surface area contributed by atoms with Crippen molar-refractivity contribution in [2.45, 2.75) is 13.0 Å². The normalized spacial score (nSPS) is 10.6. The van der Waals surface area contributed by atoms with Crippen LogP contribution in [0.4, 0.5) is 0 Å². The van der Waals surface area contributed by atoms with Crippen molar-refractivity contribution in [3.63, 3.8) is 0 Å². The SMILES string of the molecule is COCCCn1c(-c2ccc(Cl)cc2)ccc(C=O)c1=O. The lowest BCUT2D eigenvalue weighted by Crippen LogP contribution is -2.25. The van der Waals surface area contributed by atoms with Crippen LogP contribution >= 0.6 is 11.6 Å². The summed E-state index contributed by atoms with van der Waals surface area (Å²) in [5, 5.41) is 0.636. The van der Waals surface area contributed by atoms with Crippen molar-refractivity contribution in [2.75, 3.05) is 13.7 Å². The van der Waals surface area contributed by atoms with Gasteiger partial charge in [0.2, 0.25) is 0 Å². The van der Waals surface area contributed by atoms with Crippen LogP contribution in [0.5, 0.6) is 0 Å². The average molecular weight is 306 g/mol. The highest BCUT2D eigenvalue weighted by Gasteiger charge is 2.10. The number of nitrogens with zero attached hydrogens (tertiary/aromatic N) is 1. The van der Waals surface area contributed by atoms with E-state index in [-0.39, 0.29) is 11.1 Å². The number of carbonyl (C=O) groups is 1. The van der Waals surface area contributed by atoms with Crippen LogP contribution in [-0.2, 0) is 11.3 Å². The van der Waals surface area contributed by atoms with Gasteiger partial charge in [0.05, 0.1) is 11.3 Å². The smallest absolute Gasteiger partial charge is 0.261 e. The number of halogens is 1. The second kappa shape index (κ2) is 7.20. The summed E-state index contributed by atoms with van der Waals surface area (Å²) in [5.74, 6) is 0. The summed E-state index contributed by atoms with van der Waals surface area (Å²) in [6, 6.07) is 10.6. The Morgan fingerprint density at radius 1 is 1.19 bits per heavy atom. The summed E-state index contributed by atoms with van der Waals surface area (Å²) in [5.41, 5.74) is 1.52. The van der Waals surface area contributed by atoms with Gasteiger partial charge in [-0.1, -0.05) is 23.7 Å². The van der Waals surface area contributed by atoms with Crippen molar-refractivity contribution in [1.82, 2.24) is 4.57 Å². The van der Waals surface area contributed by atoms with Crippen LogP contribution < -0.4 is 5.56 Å². The van der Waals surface area contributed by atoms with E-state index in [2.05, 4.69) is 0 Å². The van der Waals surface area contributed by atoms with Crippen molar-refractivity contribution in [1.29, 1.82) is 0 Å². The van der Waals surface area contributed by atoms with Crippen LogP contribution in [-0.4, -0.2) is 24.6 Å². The molecule has 0 N–H and O–H groups in total. The fourth-order valence-electron chi connectivity index (χ4n) is 2.15. The summed E-state index contributed by atoms with van der Waals surface area (Å²) in [7, 11) is 1.62. The Morgan fingerprint density at radius 2 is 1.90 bits per heavy atom. The molecular weight excluding hydrogens is 290 g/mol. The first kappa shape index (κ1) is 15.5. The molecule has 2 rings (SSSR count). The zero-order valence-electron chi connectivity index (χ0n) is 11.7. The third-order valence-corrected chi connectivity index (χ3v) is 3.45. The quantitative estimate of drug-likeness (QED) is 0.609. The van der Waals surface area contributed by atoms with Crippen molar-refractivity contribution in [2.24, 2.45) is 0 Å². The number of aromatic nitrogens is 1. The Labute approximate surface area is 127 Å². The summed E-state index contributed by atoms with van der Waals surface area (Å²) in [6.07, 6.45) is 1.28. The first-order chi connectivity index (χ1) is 10.2. The fraction of sp³-hybridized carbons (Fsp3) is 0.250. The molecule has 0 unspecified atom stereocenters. The maximum absolute atomic E-state index is 12.3. The number of methoxy groups -OCH3 is 1. The van der Waals surface area contributed by atoms with E-state index in [0.29, 0.717) is 30.9 Å². The molecule has 4 nitrogen and oxygen atoms in total. The van der Waals surface area contributed by atoms with Crippen LogP contribution in [0.25, 0.3) is 11.3 Å². The Bertz CT molecular complexity index is 677. The summed E-state index contributed by atoms with van der Waals surface area (Å²) in [4.78, 5) is 23.3. The number of aldehydes is 1. The minimum Gasteiger partial charge on any atom is -0.385 e. The third-order valence-electron chi connectivity index (χ3n) is 3.20. The predicted octanol–water partition coefficient (Wildman–Crippen LogP) is 3.02. The van der Waals surface area contributed by atoms with Crippen molar-refractivity contribution in [3.05, 3.63) is 57.3 Å². The molecule has 5 heteroatoms. The molecular formula is C16H16ClNO3. The lowest BCUT2D eigenvalue weighted by molar-refractivity contribution is 0.112. The lowest BCUT2D eigenvalue weighted by atomic mass is 10.1. The van der Waals surface area contributed by atoms with E-state index in [1.807, 2.05) is 12.1 Å². The average Bonchev–Trinajstić information content (AvgIpc) is 2.50. The molecule has 0 saturated carbocycles. The molecule has 1 heterocycles. The van der Waals surface area contributed by atoms with Crippen LogP contribution in [0.3, 0.4) is 0 Å². The molecule has 0 spiro atoms. The van der Waals surface area contributed by atoms with E-state index < -0.39 is 0 Å². The molecule has 1 aromatic carbocycles. The largest absolute Gasteiger partial charge is 0.385 e. The molecule has 0 saturated heterocycles. The van der Waals surface area contributed by atoms with E-state index >= 15 is 0 Å². The molecule has 0 bridgehead atoms. The summed E-state index contributed by atoms with van der Waals surface area (Å²) in [6.45, 7) is 1.05. The van der Waals surface area contributed by atoms with E-state index in [9.17, 15) is 9.59 Å². The van der Waals surface area contributed by atoms with Crippen molar-refractivity contribution < 1.29 is 9.53 Å². The van der Waals surface area contributed by atoms with Gasteiger partial charge in [-0.3, -0.25) is 9.59 Å². The number of rotatable bonds is 6. The zero-order chi connectivity index (χ0) is 15.2. The molecule has 1 aromatic heterocycles. The Kier molecular flexibility index (Phi) is 5.31. The zero-order valence-corrected chi connectivity index (χ0v) is 12.5. The highest BCUT2D eigenvalue weighted by atomic mass is 35.5. The summed E-state index contributed by atoms with van der Waals surface area (Å²) >= 11 is 5.89. The van der Waals surface area contributed by atoms with Gasteiger partial charge in [-0.15, -0.1) is 0 Å². The number of hydrogen-bond acceptors (Lipinski definition) is 3. The first-order valence-electron chi connectivity index (χ1n) is 6.61. The van der Waals surface area contributed by atoms with Gasteiger partial charge >= 0.3 is 0 Å². The van der Waals surface area contributed by atoms with Gasteiger partial charge in [-0.05, 0) is 36.2 Å². The minimum absolute atomic E-state index is 0.158. The van der Waals surface area contributed by atoms with Gasteiger partial charge in [0.15, 0.2) is 6.29 Å². The monoisotopic (exact) mass is 305 g/mol. The highest BCUT2D eigenvalue weighted by Crippen LogP contribution is 2.21. The van der Waals surface area contributed by atoms with E-state index in [0.717, 1.165) is 11.3 Å². The molecule has 110 valence electrons. The molecule has 0 aliphatic rings. The maximum atomic E-state index is 12.3. The van der Waals surface area contributed by atoms with Gasteiger partial charge in [0.1, 0.15) is 0 Å². The molecule has 0 atom stereocenters. The van der Waals surface area contributed by atoms with Gasteiger partial charge in [0, 0.05) is 25.3 Å². The van der Waals surface area contributed by atoms with Crippen LogP contribution in [0.15, 0.2) is 41.2 Å². The maximum Gasteiger partial charge on any atom is 0.261 e. The summed E-state index contributed by atoms with van der Waals surface area (Å²) < 4.78 is 6.62. The van der Waals surface area contributed by atoms with Gasteiger partial charge in [0.25, 0.3) is 5.56 Å². The number of carbonyl (C=O) groups excluding carboxylic acids is 1. The van der Waals surface area contributed by atoms with E-state index in [1.54, 1.807) is 35.9 Å². The minimum atomic E-state index is -0.284. The molecule has 0 radical (unpaired) electrons. The Hall–Kier alpha value is -1.91. The topological polar surface area (TPSA) is 48.3 Å². The number of ether oxygens (including phenoxy) is 1. The van der Waals surface area contributed by atoms with Crippen LogP contribution in [0, 0.1) is 0 Å². The Balaban J connectivity index is 2.48. The number of pyridine rings is 1. The molecule has 0 fully saturated rings. The van der Waals surface area contributed by atoms with Crippen molar-refractivity contribution in [3.8, 4) is 11.3 Å². The third kappa shape index (κ3) is 3.60. The number of benzene rings is 1. The fourth-order valence-corrected chi connectivity index (χ4v) is 2.27. The van der Waals surface area contributed by atoms with Gasteiger partial charge in [-0.2, -0.15) is 0 Å². The second-order valence-corrected chi connectivity index (χ2v) is 5.04. The van der Waals surface area contributed by atoms with Crippen molar-refractivity contribution >= 4 is 17.9 Å². The molecule has 21 heavy (non-hydrogen) atoms. The molecule has 0 amide bonds.